The Labute approximate surface area is 181 Å². The van der Waals surface area contributed by atoms with Gasteiger partial charge in [-0.3, -0.25) is 4.79 Å². The third-order valence-electron chi connectivity index (χ3n) is 5.21. The molecule has 0 bridgehead atoms. The first-order chi connectivity index (χ1) is 14.8. The van der Waals surface area contributed by atoms with Crippen molar-refractivity contribution >= 4 is 26.8 Å². The Morgan fingerprint density at radius 2 is 1.74 bits per heavy atom. The van der Waals surface area contributed by atoms with Crippen molar-refractivity contribution in [1.82, 2.24) is 15.3 Å². The van der Waals surface area contributed by atoms with Crippen molar-refractivity contribution in [3.8, 4) is 0 Å². The number of aromatic amines is 1. The number of hydrogen-bond acceptors (Lipinski definition) is 4. The predicted molar refractivity (Wildman–Crippen MR) is 121 cm³/mol. The molecule has 3 aromatic carbocycles. The fourth-order valence-electron chi connectivity index (χ4n) is 3.52. The topological polar surface area (TPSA) is 91.9 Å². The third-order valence-corrected chi connectivity index (χ3v) is 6.32. The number of fused-ring (bicyclic) bond motifs is 1. The van der Waals surface area contributed by atoms with Crippen molar-refractivity contribution in [3.05, 3.63) is 95.3 Å². The molecule has 2 N–H and O–H groups in total. The summed E-state index contributed by atoms with van der Waals surface area (Å²) in [5.74, 6) is 0.305. The van der Waals surface area contributed by atoms with Crippen molar-refractivity contribution in [2.75, 3.05) is 6.26 Å². The summed E-state index contributed by atoms with van der Waals surface area (Å²) in [5, 5.41) is 3.05. The predicted octanol–water partition coefficient (Wildman–Crippen LogP) is 3.99. The highest BCUT2D eigenvalue weighted by molar-refractivity contribution is 7.90. The number of sulfone groups is 1. The number of aromatic nitrogens is 2. The lowest BCUT2D eigenvalue weighted by molar-refractivity contribution is 0.0934. The highest BCUT2D eigenvalue weighted by atomic mass is 32.2. The molecule has 4 rings (SSSR count). The summed E-state index contributed by atoms with van der Waals surface area (Å²) in [7, 11) is -3.42. The Hall–Kier alpha value is -3.45. The van der Waals surface area contributed by atoms with Crippen LogP contribution in [0.2, 0.25) is 0 Å². The first-order valence-electron chi connectivity index (χ1n) is 9.91. The van der Waals surface area contributed by atoms with E-state index in [1.165, 1.54) is 12.1 Å². The van der Waals surface area contributed by atoms with Crippen LogP contribution in [0.15, 0.2) is 77.7 Å². The monoisotopic (exact) mass is 433 g/mol. The fraction of sp³-hybridized carbons (Fsp3) is 0.167. The molecule has 0 saturated heterocycles. The van der Waals surface area contributed by atoms with Crippen molar-refractivity contribution in [2.45, 2.75) is 24.3 Å². The van der Waals surface area contributed by atoms with E-state index in [0.717, 1.165) is 22.9 Å². The van der Waals surface area contributed by atoms with Gasteiger partial charge in [-0.1, -0.05) is 48.5 Å². The summed E-state index contributed by atoms with van der Waals surface area (Å²) in [6, 6.07) is 21.7. The average Bonchev–Trinajstić information content (AvgIpc) is 3.17. The number of rotatable bonds is 6. The largest absolute Gasteiger partial charge is 0.342 e. The Kier molecular flexibility index (Phi) is 5.61. The molecule has 0 aliphatic heterocycles. The number of benzene rings is 3. The Morgan fingerprint density at radius 1 is 1.03 bits per heavy atom. The maximum absolute atomic E-state index is 13.2. The van der Waals surface area contributed by atoms with Crippen LogP contribution in [0.1, 0.15) is 33.4 Å². The van der Waals surface area contributed by atoms with Gasteiger partial charge in [0, 0.05) is 11.8 Å². The van der Waals surface area contributed by atoms with Gasteiger partial charge in [0.15, 0.2) is 9.84 Å². The van der Waals surface area contributed by atoms with Gasteiger partial charge in [0.05, 0.1) is 22.0 Å². The van der Waals surface area contributed by atoms with Gasteiger partial charge in [0.25, 0.3) is 5.91 Å². The molecule has 1 heterocycles. The molecule has 0 spiro atoms. The fourth-order valence-corrected chi connectivity index (χ4v) is 4.16. The van der Waals surface area contributed by atoms with E-state index in [-0.39, 0.29) is 10.8 Å². The van der Waals surface area contributed by atoms with Crippen LogP contribution in [0, 0.1) is 6.92 Å². The molecule has 31 heavy (non-hydrogen) atoms. The van der Waals surface area contributed by atoms with Gasteiger partial charge in [-0.05, 0) is 48.7 Å². The van der Waals surface area contributed by atoms with Crippen LogP contribution in [0.25, 0.3) is 11.0 Å². The summed E-state index contributed by atoms with van der Waals surface area (Å²) in [5.41, 5.74) is 3.79. The quantitative estimate of drug-likeness (QED) is 0.481. The molecule has 1 amide bonds. The van der Waals surface area contributed by atoms with Crippen LogP contribution >= 0.6 is 0 Å². The van der Waals surface area contributed by atoms with Gasteiger partial charge in [0.2, 0.25) is 0 Å². The number of H-pyrrole nitrogens is 1. The number of hydrogen-bond donors (Lipinski definition) is 2. The minimum atomic E-state index is -3.42. The first-order valence-corrected chi connectivity index (χ1v) is 11.8. The van der Waals surface area contributed by atoms with Crippen molar-refractivity contribution < 1.29 is 13.2 Å². The smallest absolute Gasteiger partial charge is 0.252 e. The van der Waals surface area contributed by atoms with Gasteiger partial charge in [-0.2, -0.15) is 0 Å². The second-order valence-corrected chi connectivity index (χ2v) is 9.62. The normalized spacial score (nSPS) is 12.6. The number of aryl methyl sites for hydroxylation is 1. The van der Waals surface area contributed by atoms with E-state index in [4.69, 9.17) is 0 Å². The van der Waals surface area contributed by atoms with Crippen molar-refractivity contribution in [3.63, 3.8) is 0 Å². The van der Waals surface area contributed by atoms with E-state index in [9.17, 15) is 13.2 Å². The van der Waals surface area contributed by atoms with E-state index in [1.807, 2.05) is 54.6 Å². The summed E-state index contributed by atoms with van der Waals surface area (Å²) >= 11 is 0. The number of imidazole rings is 1. The van der Waals surface area contributed by atoms with E-state index in [0.29, 0.717) is 23.4 Å². The summed E-state index contributed by atoms with van der Waals surface area (Å²) in [6.07, 6.45) is 1.67. The van der Waals surface area contributed by atoms with Crippen LogP contribution in [0.5, 0.6) is 0 Å². The summed E-state index contributed by atoms with van der Waals surface area (Å²) in [6.45, 7) is 1.79. The number of nitrogens with one attached hydrogen (secondary N) is 2. The minimum absolute atomic E-state index is 0.117. The molecule has 0 aliphatic rings. The van der Waals surface area contributed by atoms with Crippen LogP contribution in [-0.2, 0) is 16.3 Å². The molecule has 7 heteroatoms. The minimum Gasteiger partial charge on any atom is -0.342 e. The van der Waals surface area contributed by atoms with Gasteiger partial charge < -0.3 is 10.3 Å². The maximum atomic E-state index is 13.2. The first kappa shape index (κ1) is 20.8. The second kappa shape index (κ2) is 8.35. The molecule has 0 saturated carbocycles. The highest BCUT2D eigenvalue weighted by Crippen LogP contribution is 2.22. The summed E-state index contributed by atoms with van der Waals surface area (Å²) < 4.78 is 23.9. The lowest BCUT2D eigenvalue weighted by atomic mass is 10.0. The highest BCUT2D eigenvalue weighted by Gasteiger charge is 2.22. The van der Waals surface area contributed by atoms with Crippen LogP contribution in [-0.4, -0.2) is 30.5 Å². The number of carbonyl (C=O) groups is 1. The molecular weight excluding hydrogens is 410 g/mol. The van der Waals surface area contributed by atoms with E-state index in [1.54, 1.807) is 13.0 Å². The van der Waals surface area contributed by atoms with E-state index < -0.39 is 15.9 Å². The molecule has 1 atom stereocenters. The number of carbonyl (C=O) groups excluding carboxylic acids is 1. The zero-order valence-electron chi connectivity index (χ0n) is 17.3. The van der Waals surface area contributed by atoms with Gasteiger partial charge in [-0.15, -0.1) is 0 Å². The second-order valence-electron chi connectivity index (χ2n) is 7.60. The zero-order valence-corrected chi connectivity index (χ0v) is 18.1. The third kappa shape index (κ3) is 4.67. The van der Waals surface area contributed by atoms with Gasteiger partial charge in [0.1, 0.15) is 5.82 Å². The van der Waals surface area contributed by atoms with Crippen LogP contribution < -0.4 is 5.32 Å². The Bertz CT molecular complexity index is 1310. The summed E-state index contributed by atoms with van der Waals surface area (Å²) in [4.78, 5) is 21.3. The average molecular weight is 434 g/mol. The molecule has 0 aliphatic carbocycles. The number of para-hydroxylation sites is 2. The molecule has 158 valence electrons. The molecular formula is C24H23N3O3S. The van der Waals surface area contributed by atoms with Crippen LogP contribution in [0.3, 0.4) is 0 Å². The SMILES string of the molecule is Cc1ccc(S(C)(=O)=O)cc1C(=O)N[C@@H](Cc1ccccc1)c1nc2ccccc2[nH]1. The number of amides is 1. The zero-order chi connectivity index (χ0) is 22.0. The van der Waals surface area contributed by atoms with Gasteiger partial charge in [-0.25, -0.2) is 13.4 Å². The molecule has 0 fully saturated rings. The molecule has 0 radical (unpaired) electrons. The molecule has 1 aromatic heterocycles. The van der Waals surface area contributed by atoms with Crippen LogP contribution in [0.4, 0.5) is 0 Å². The maximum Gasteiger partial charge on any atom is 0.252 e. The van der Waals surface area contributed by atoms with Crippen molar-refractivity contribution in [1.29, 1.82) is 0 Å². The lowest BCUT2D eigenvalue weighted by Gasteiger charge is -2.18. The Balaban J connectivity index is 1.70. The van der Waals surface area contributed by atoms with Gasteiger partial charge >= 0.3 is 0 Å². The molecule has 6 nitrogen and oxygen atoms in total. The number of nitrogens with zero attached hydrogens (tertiary/aromatic N) is 1. The molecule has 0 unspecified atom stereocenters. The standard InChI is InChI=1S/C24H23N3O3S/c1-16-12-13-18(31(2,29)30)15-19(16)24(28)27-22(14-17-8-4-3-5-9-17)23-25-20-10-6-7-11-21(20)26-23/h3-13,15,22H,14H2,1-2H3,(H,25,26)(H,27,28)/t22-/m0/s1. The molecule has 4 aromatic rings. The van der Waals surface area contributed by atoms with E-state index >= 15 is 0 Å². The Morgan fingerprint density at radius 3 is 2.45 bits per heavy atom. The van der Waals surface area contributed by atoms with E-state index in [2.05, 4.69) is 15.3 Å². The van der Waals surface area contributed by atoms with Crippen molar-refractivity contribution in [2.24, 2.45) is 0 Å². The lowest BCUT2D eigenvalue weighted by Crippen LogP contribution is -2.31.